The van der Waals surface area contributed by atoms with E-state index < -0.39 is 11.1 Å². The average molecular weight is 456 g/mol. The molecule has 0 saturated carbocycles. The largest absolute Gasteiger partial charge is 0.427 e. The maximum Gasteiger partial charge on any atom is 0.427 e. The number of hydrogen-bond acceptors (Lipinski definition) is 2. The van der Waals surface area contributed by atoms with E-state index in [4.69, 9.17) is 0 Å². The van der Waals surface area contributed by atoms with E-state index in [2.05, 4.69) is 30.0 Å². The van der Waals surface area contributed by atoms with Crippen LogP contribution in [0.2, 0.25) is 0 Å². The Morgan fingerprint density at radius 3 is 2.22 bits per heavy atom. The summed E-state index contributed by atoms with van der Waals surface area (Å²) in [6, 6.07) is 12.0. The maximum atomic E-state index is 13.8. The number of fused-ring (bicyclic) bond motifs is 1. The molecule has 1 heterocycles. The lowest BCUT2D eigenvalue weighted by atomic mass is 9.91. The van der Waals surface area contributed by atoms with Crippen LogP contribution in [0.3, 0.4) is 0 Å². The molecule has 0 fully saturated rings. The van der Waals surface area contributed by atoms with Gasteiger partial charge in [0.2, 0.25) is 0 Å². The van der Waals surface area contributed by atoms with E-state index in [9.17, 15) is 13.2 Å². The van der Waals surface area contributed by atoms with Gasteiger partial charge < -0.3 is 0 Å². The average Bonchev–Trinajstić information content (AvgIpc) is 3.44. The minimum absolute atomic E-state index is 0.328. The van der Waals surface area contributed by atoms with Crippen LogP contribution < -0.4 is 0 Å². The summed E-state index contributed by atoms with van der Waals surface area (Å²) in [4.78, 5) is -0.564. The molecule has 32 heavy (non-hydrogen) atoms. The monoisotopic (exact) mass is 455 g/mol. The van der Waals surface area contributed by atoms with Gasteiger partial charge in [0.1, 0.15) is 4.88 Å². The van der Waals surface area contributed by atoms with Crippen LogP contribution in [0, 0.1) is 0 Å². The number of allylic oxidation sites excluding steroid dienone is 1. The Kier molecular flexibility index (Phi) is 6.85. The standard InChI is InChI=1S/C27H28F3NS/c1-3-5-7-19-14-15-20(23-9-6-8-22(19)23)16-17-24-25(31-32-26(24)27(28,29)30)21-12-10-18(4-2)11-13-21/h3,10-15H,1,4-9,16-17H2,2H3. The van der Waals surface area contributed by atoms with Gasteiger partial charge in [-0.1, -0.05) is 49.4 Å². The van der Waals surface area contributed by atoms with Gasteiger partial charge in [0.25, 0.3) is 0 Å². The van der Waals surface area contributed by atoms with Crippen molar-refractivity contribution in [3.63, 3.8) is 0 Å². The number of alkyl halides is 3. The predicted octanol–water partition coefficient (Wildman–Crippen LogP) is 7.78. The summed E-state index contributed by atoms with van der Waals surface area (Å²) in [7, 11) is 0. The topological polar surface area (TPSA) is 12.9 Å². The number of benzene rings is 2. The number of aromatic nitrogens is 1. The van der Waals surface area contributed by atoms with E-state index in [0.29, 0.717) is 35.6 Å². The minimum Gasteiger partial charge on any atom is -0.192 e. The molecule has 0 bridgehead atoms. The van der Waals surface area contributed by atoms with E-state index >= 15 is 0 Å². The zero-order valence-corrected chi connectivity index (χ0v) is 19.2. The molecule has 0 amide bonds. The number of rotatable bonds is 8. The van der Waals surface area contributed by atoms with Gasteiger partial charge >= 0.3 is 6.18 Å². The third kappa shape index (κ3) is 4.68. The Balaban J connectivity index is 1.65. The minimum atomic E-state index is -4.38. The summed E-state index contributed by atoms with van der Waals surface area (Å²) >= 11 is 0.576. The van der Waals surface area contributed by atoms with Gasteiger partial charge in [0.05, 0.1) is 5.69 Å². The van der Waals surface area contributed by atoms with Gasteiger partial charge in [-0.05, 0) is 90.7 Å². The first-order valence-electron chi connectivity index (χ1n) is 11.3. The van der Waals surface area contributed by atoms with Crippen molar-refractivity contribution in [2.24, 2.45) is 0 Å². The van der Waals surface area contributed by atoms with Crippen molar-refractivity contribution in [3.8, 4) is 11.3 Å². The lowest BCUT2D eigenvalue weighted by molar-refractivity contribution is -0.134. The SMILES string of the molecule is C=CCCc1ccc(CCc2c(-c3ccc(CC)cc3)nsc2C(F)(F)F)c2c1CCC2. The van der Waals surface area contributed by atoms with E-state index in [1.807, 2.05) is 30.3 Å². The second-order valence-electron chi connectivity index (χ2n) is 8.41. The zero-order valence-electron chi connectivity index (χ0n) is 18.4. The van der Waals surface area contributed by atoms with E-state index in [0.717, 1.165) is 49.7 Å². The first-order chi connectivity index (χ1) is 15.4. The van der Waals surface area contributed by atoms with Crippen LogP contribution >= 0.6 is 11.5 Å². The van der Waals surface area contributed by atoms with Crippen molar-refractivity contribution in [2.75, 3.05) is 0 Å². The van der Waals surface area contributed by atoms with Gasteiger partial charge in [0, 0.05) is 11.1 Å². The van der Waals surface area contributed by atoms with Crippen molar-refractivity contribution in [3.05, 3.63) is 87.3 Å². The molecule has 0 spiro atoms. The van der Waals surface area contributed by atoms with Crippen molar-refractivity contribution in [1.82, 2.24) is 4.37 Å². The van der Waals surface area contributed by atoms with Crippen LogP contribution in [0.15, 0.2) is 49.1 Å². The van der Waals surface area contributed by atoms with Gasteiger partial charge in [-0.15, -0.1) is 6.58 Å². The number of halogens is 3. The highest BCUT2D eigenvalue weighted by molar-refractivity contribution is 7.06. The van der Waals surface area contributed by atoms with Crippen LogP contribution in [0.1, 0.15) is 58.0 Å². The van der Waals surface area contributed by atoms with Gasteiger partial charge in [-0.2, -0.15) is 17.5 Å². The highest BCUT2D eigenvalue weighted by Crippen LogP contribution is 2.41. The van der Waals surface area contributed by atoms with Crippen LogP contribution in [0.5, 0.6) is 0 Å². The Morgan fingerprint density at radius 2 is 1.62 bits per heavy atom. The Bertz CT molecular complexity index is 1090. The summed E-state index contributed by atoms with van der Waals surface area (Å²) in [5.41, 5.74) is 8.05. The molecule has 2 aromatic carbocycles. The van der Waals surface area contributed by atoms with Crippen molar-refractivity contribution in [1.29, 1.82) is 0 Å². The Labute approximate surface area is 192 Å². The molecule has 1 aliphatic carbocycles. The number of nitrogens with zero attached hydrogens (tertiary/aromatic N) is 1. The Hall–Kier alpha value is -2.40. The van der Waals surface area contributed by atoms with Crippen molar-refractivity contribution < 1.29 is 13.2 Å². The molecule has 0 saturated heterocycles. The molecule has 3 aromatic rings. The molecule has 5 heteroatoms. The summed E-state index contributed by atoms with van der Waals surface area (Å²) in [6.45, 7) is 5.88. The van der Waals surface area contributed by atoms with Crippen molar-refractivity contribution in [2.45, 2.75) is 64.5 Å². The van der Waals surface area contributed by atoms with Crippen LogP contribution in [-0.4, -0.2) is 4.37 Å². The fourth-order valence-corrected chi connectivity index (χ4v) is 5.54. The molecule has 0 unspecified atom stereocenters. The van der Waals surface area contributed by atoms with Crippen molar-refractivity contribution >= 4 is 11.5 Å². The molecule has 168 valence electrons. The lowest BCUT2D eigenvalue weighted by Crippen LogP contribution is -2.08. The normalized spacial score (nSPS) is 13.4. The lowest BCUT2D eigenvalue weighted by Gasteiger charge is -2.14. The first kappa shape index (κ1) is 22.8. The zero-order chi connectivity index (χ0) is 22.7. The first-order valence-corrected chi connectivity index (χ1v) is 12.1. The molecule has 0 atom stereocenters. The smallest absolute Gasteiger partial charge is 0.192 e. The van der Waals surface area contributed by atoms with Crippen LogP contribution in [-0.2, 0) is 44.7 Å². The molecule has 1 nitrogen and oxygen atoms in total. The summed E-state index contributed by atoms with van der Waals surface area (Å²) in [5, 5.41) is 0. The van der Waals surface area contributed by atoms with E-state index in [1.165, 1.54) is 22.3 Å². The third-order valence-electron chi connectivity index (χ3n) is 6.42. The number of aryl methyl sites for hydroxylation is 3. The number of hydrogen-bond donors (Lipinski definition) is 0. The molecular weight excluding hydrogens is 427 g/mol. The summed E-state index contributed by atoms with van der Waals surface area (Å²) in [5.74, 6) is 0. The third-order valence-corrected chi connectivity index (χ3v) is 7.36. The van der Waals surface area contributed by atoms with Gasteiger partial charge in [-0.25, -0.2) is 0 Å². The van der Waals surface area contributed by atoms with Crippen LogP contribution in [0.4, 0.5) is 13.2 Å². The molecule has 1 aliphatic rings. The molecule has 0 N–H and O–H groups in total. The van der Waals surface area contributed by atoms with E-state index in [1.54, 1.807) is 0 Å². The highest BCUT2D eigenvalue weighted by Gasteiger charge is 2.37. The second kappa shape index (κ2) is 9.62. The fraction of sp³-hybridized carbons (Fsp3) is 0.370. The fourth-order valence-electron chi connectivity index (χ4n) is 4.73. The Morgan fingerprint density at radius 1 is 0.969 bits per heavy atom. The summed E-state index contributed by atoms with van der Waals surface area (Å²) in [6.07, 6.45) is 4.53. The summed E-state index contributed by atoms with van der Waals surface area (Å²) < 4.78 is 45.6. The molecule has 1 aromatic heterocycles. The van der Waals surface area contributed by atoms with Gasteiger partial charge in [0.15, 0.2) is 0 Å². The predicted molar refractivity (Wildman–Crippen MR) is 126 cm³/mol. The molecule has 4 rings (SSSR count). The maximum absolute atomic E-state index is 13.8. The molecular formula is C27H28F3NS. The molecule has 0 aliphatic heterocycles. The van der Waals surface area contributed by atoms with Crippen LogP contribution in [0.25, 0.3) is 11.3 Å². The highest BCUT2D eigenvalue weighted by atomic mass is 32.1. The van der Waals surface area contributed by atoms with Gasteiger partial charge in [-0.3, -0.25) is 0 Å². The quantitative estimate of drug-likeness (QED) is 0.316. The van der Waals surface area contributed by atoms with E-state index in [-0.39, 0.29) is 0 Å². The molecule has 0 radical (unpaired) electrons. The second-order valence-corrected chi connectivity index (χ2v) is 9.18.